The Morgan fingerprint density at radius 2 is 2.11 bits per heavy atom. The molecule has 0 spiro atoms. The third-order valence-electron chi connectivity index (χ3n) is 4.24. The molecule has 11 nitrogen and oxygen atoms in total. The largest absolute Gasteiger partial charge is 0.461 e. The molecule has 0 aliphatic carbocycles. The molecule has 1 unspecified atom stereocenters. The van der Waals surface area contributed by atoms with Crippen molar-refractivity contribution in [3.8, 4) is 0 Å². The molecule has 3 heterocycles. The molecule has 2 fully saturated rings. The van der Waals surface area contributed by atoms with Crippen LogP contribution in [0.15, 0.2) is 17.1 Å². The van der Waals surface area contributed by atoms with E-state index in [-0.39, 0.29) is 25.0 Å². The first-order chi connectivity index (χ1) is 12.9. The summed E-state index contributed by atoms with van der Waals surface area (Å²) in [6.45, 7) is 1.48. The summed E-state index contributed by atoms with van der Waals surface area (Å²) >= 11 is 5.18. The van der Waals surface area contributed by atoms with Crippen LogP contribution in [0.1, 0.15) is 13.2 Å². The van der Waals surface area contributed by atoms with Gasteiger partial charge < -0.3 is 28.4 Å². The number of ether oxygens (including phenoxy) is 6. The number of carbonyl (C=O) groups excluding carboxylic acids is 2. The zero-order valence-electron chi connectivity index (χ0n) is 14.5. The number of hydrogen-bond acceptors (Lipinski definition) is 10. The van der Waals surface area contributed by atoms with Crippen molar-refractivity contribution >= 4 is 24.2 Å². The second-order valence-corrected chi connectivity index (χ2v) is 6.39. The molecule has 3 rings (SSSR count). The van der Waals surface area contributed by atoms with Crippen molar-refractivity contribution in [3.05, 3.63) is 27.4 Å². The molecule has 12 heteroatoms. The summed E-state index contributed by atoms with van der Waals surface area (Å²) in [6, 6.07) is 1.24. The molecule has 2 aliphatic rings. The lowest BCUT2D eigenvalue weighted by molar-refractivity contribution is -0.222. The van der Waals surface area contributed by atoms with Crippen molar-refractivity contribution in [3.63, 3.8) is 0 Å². The number of aromatic nitrogens is 2. The molecule has 0 amide bonds. The van der Waals surface area contributed by atoms with Crippen molar-refractivity contribution in [1.82, 2.24) is 9.55 Å². The van der Waals surface area contributed by atoms with Gasteiger partial charge in [-0.05, 0) is 19.1 Å². The molecule has 1 aromatic rings. The molecule has 0 bridgehead atoms. The number of methoxy groups -OCH3 is 1. The van der Waals surface area contributed by atoms with Crippen LogP contribution in [0.25, 0.3) is 0 Å². The van der Waals surface area contributed by atoms with Gasteiger partial charge in [-0.3, -0.25) is 14.3 Å². The normalized spacial score (nSPS) is 30.7. The minimum Gasteiger partial charge on any atom is -0.461 e. The molecule has 0 radical (unpaired) electrons. The van der Waals surface area contributed by atoms with Crippen LogP contribution in [-0.2, 0) is 38.0 Å². The van der Waals surface area contributed by atoms with Gasteiger partial charge in [0.25, 0.3) is 5.56 Å². The fourth-order valence-electron chi connectivity index (χ4n) is 3.05. The molecule has 27 heavy (non-hydrogen) atoms. The van der Waals surface area contributed by atoms with E-state index in [9.17, 15) is 14.4 Å². The third kappa shape index (κ3) is 3.80. The first-order valence-electron chi connectivity index (χ1n) is 7.92. The average molecular weight is 402 g/mol. The summed E-state index contributed by atoms with van der Waals surface area (Å²) in [5.41, 5.74) is -1.90. The highest BCUT2D eigenvalue weighted by atomic mass is 32.1. The maximum atomic E-state index is 12.1. The predicted molar refractivity (Wildman–Crippen MR) is 88.0 cm³/mol. The number of aromatic amines is 1. The van der Waals surface area contributed by atoms with Gasteiger partial charge in [0.15, 0.2) is 16.6 Å². The van der Waals surface area contributed by atoms with E-state index in [0.29, 0.717) is 0 Å². The van der Waals surface area contributed by atoms with Crippen LogP contribution >= 0.6 is 12.2 Å². The van der Waals surface area contributed by atoms with Gasteiger partial charge in [-0.2, -0.15) is 0 Å². The zero-order chi connectivity index (χ0) is 19.6. The molecule has 1 N–H and O–H groups in total. The number of H-pyrrole nitrogens is 1. The van der Waals surface area contributed by atoms with Crippen molar-refractivity contribution in [2.75, 3.05) is 27.3 Å². The predicted octanol–water partition coefficient (Wildman–Crippen LogP) is -0.375. The molecule has 0 saturated carbocycles. The fourth-order valence-corrected chi connectivity index (χ4v) is 3.30. The lowest BCUT2D eigenvalue weighted by Crippen LogP contribution is -2.51. The van der Waals surface area contributed by atoms with Crippen LogP contribution < -0.4 is 5.56 Å². The Kier molecular flexibility index (Phi) is 5.72. The van der Waals surface area contributed by atoms with E-state index in [2.05, 4.69) is 9.72 Å². The number of hydrogen-bond donors (Lipinski definition) is 1. The molecule has 2 aliphatic heterocycles. The Bertz CT molecular complexity index is 837. The van der Waals surface area contributed by atoms with Crippen molar-refractivity contribution in [2.24, 2.45) is 0 Å². The topological polar surface area (TPSA) is 127 Å². The van der Waals surface area contributed by atoms with Gasteiger partial charge in [0, 0.05) is 12.3 Å². The Hall–Kier alpha value is -2.12. The lowest BCUT2D eigenvalue weighted by Gasteiger charge is -2.35. The summed E-state index contributed by atoms with van der Waals surface area (Å²) in [6.07, 6.45) is -1.10. The van der Waals surface area contributed by atoms with Gasteiger partial charge in [-0.15, -0.1) is 0 Å². The fraction of sp³-hybridized carbons (Fsp3) is 0.600. The van der Waals surface area contributed by atoms with Crippen molar-refractivity contribution in [2.45, 2.75) is 31.0 Å². The van der Waals surface area contributed by atoms with E-state index in [4.69, 9.17) is 35.9 Å². The average Bonchev–Trinajstić information content (AvgIpc) is 2.85. The quantitative estimate of drug-likeness (QED) is 0.397. The Morgan fingerprint density at radius 1 is 1.33 bits per heavy atom. The summed E-state index contributed by atoms with van der Waals surface area (Å²) in [5, 5.41) is 0. The summed E-state index contributed by atoms with van der Waals surface area (Å²) < 4.78 is 33.4. The van der Waals surface area contributed by atoms with Crippen LogP contribution in [0, 0.1) is 4.77 Å². The molecule has 0 aromatic carbocycles. The van der Waals surface area contributed by atoms with Gasteiger partial charge in [-0.1, -0.05) is 0 Å². The van der Waals surface area contributed by atoms with E-state index in [1.165, 1.54) is 23.8 Å². The van der Waals surface area contributed by atoms with Crippen LogP contribution in [0.5, 0.6) is 0 Å². The number of nitrogens with one attached hydrogen (secondary N) is 1. The van der Waals surface area contributed by atoms with Gasteiger partial charge >= 0.3 is 11.9 Å². The summed E-state index contributed by atoms with van der Waals surface area (Å²) in [4.78, 5) is 37.6. The maximum absolute atomic E-state index is 12.1. The SMILES string of the molecule is COC(=O)C(=O)O[C@]1(C)C2OCOCOC[C@H]2O[C@H]1n1ccc(=O)[nH]c1=S. The number of nitrogens with zero attached hydrogens (tertiary/aromatic N) is 1. The van der Waals surface area contributed by atoms with Gasteiger partial charge in [0.05, 0.1) is 13.7 Å². The first-order valence-corrected chi connectivity index (χ1v) is 8.33. The Labute approximate surface area is 158 Å². The standard InChI is InChI=1S/C15H18N2O9S/c1-15(26-12(20)11(19)21-2)10-8(5-22-6-23-7-24-10)25-13(15)17-4-3-9(18)16-14(17)27/h3-4,8,10,13H,5-7H2,1-2H3,(H,16,18,27)/t8-,10?,13-,15-/m1/s1. The highest BCUT2D eigenvalue weighted by Crippen LogP contribution is 2.43. The minimum absolute atomic E-state index is 0.00793. The van der Waals surface area contributed by atoms with Gasteiger partial charge in [0.1, 0.15) is 25.8 Å². The van der Waals surface area contributed by atoms with Crippen molar-refractivity contribution < 1.29 is 38.0 Å². The Balaban J connectivity index is 2.02. The molecular formula is C15H18N2O9S. The van der Waals surface area contributed by atoms with Gasteiger partial charge in [-0.25, -0.2) is 9.59 Å². The third-order valence-corrected chi connectivity index (χ3v) is 4.56. The van der Waals surface area contributed by atoms with E-state index < -0.39 is 41.5 Å². The minimum atomic E-state index is -1.50. The van der Waals surface area contributed by atoms with Crippen LogP contribution in [0.2, 0.25) is 0 Å². The second kappa shape index (κ2) is 7.86. The van der Waals surface area contributed by atoms with Crippen LogP contribution in [0.4, 0.5) is 0 Å². The summed E-state index contributed by atoms with van der Waals surface area (Å²) in [5.74, 6) is -2.40. The van der Waals surface area contributed by atoms with E-state index >= 15 is 0 Å². The smallest absolute Gasteiger partial charge is 0.418 e. The number of esters is 2. The van der Waals surface area contributed by atoms with E-state index in [0.717, 1.165) is 7.11 Å². The molecular weight excluding hydrogens is 384 g/mol. The maximum Gasteiger partial charge on any atom is 0.418 e. The van der Waals surface area contributed by atoms with E-state index in [1.54, 1.807) is 0 Å². The monoisotopic (exact) mass is 402 g/mol. The van der Waals surface area contributed by atoms with Gasteiger partial charge in [0.2, 0.25) is 0 Å². The molecule has 2 saturated heterocycles. The first kappa shape index (κ1) is 19.6. The van der Waals surface area contributed by atoms with Crippen LogP contribution in [0.3, 0.4) is 0 Å². The number of carbonyl (C=O) groups is 2. The van der Waals surface area contributed by atoms with Crippen LogP contribution in [-0.4, -0.2) is 66.6 Å². The highest BCUT2D eigenvalue weighted by molar-refractivity contribution is 7.71. The van der Waals surface area contributed by atoms with E-state index in [1.807, 2.05) is 0 Å². The second-order valence-electron chi connectivity index (χ2n) is 6.01. The summed E-state index contributed by atoms with van der Waals surface area (Å²) in [7, 11) is 1.06. The Morgan fingerprint density at radius 3 is 2.81 bits per heavy atom. The molecule has 1 aromatic heterocycles. The highest BCUT2D eigenvalue weighted by Gasteiger charge is 2.59. The van der Waals surface area contributed by atoms with Crippen molar-refractivity contribution in [1.29, 1.82) is 0 Å². The number of rotatable bonds is 2. The lowest BCUT2D eigenvalue weighted by atomic mass is 9.95. The zero-order valence-corrected chi connectivity index (χ0v) is 15.4. The molecule has 4 atom stereocenters. The molecule has 148 valence electrons. The number of fused-ring (bicyclic) bond motifs is 1.